The van der Waals surface area contributed by atoms with E-state index in [9.17, 15) is 13.2 Å². The molecule has 1 saturated heterocycles. The van der Waals surface area contributed by atoms with Crippen LogP contribution in [0.5, 0.6) is 0 Å². The number of nitrogens with one attached hydrogen (secondary N) is 2. The Morgan fingerprint density at radius 2 is 1.85 bits per heavy atom. The van der Waals surface area contributed by atoms with Crippen LogP contribution in [0.1, 0.15) is 58.3 Å². The van der Waals surface area contributed by atoms with Gasteiger partial charge in [0.05, 0.1) is 18.5 Å². The van der Waals surface area contributed by atoms with Crippen LogP contribution in [0.3, 0.4) is 0 Å². The molecule has 1 amide bonds. The van der Waals surface area contributed by atoms with E-state index in [0.29, 0.717) is 18.4 Å². The van der Waals surface area contributed by atoms with Gasteiger partial charge in [-0.05, 0) is 70.1 Å². The van der Waals surface area contributed by atoms with Crippen LogP contribution in [0.25, 0.3) is 0 Å². The highest BCUT2D eigenvalue weighted by Gasteiger charge is 2.58. The van der Waals surface area contributed by atoms with Gasteiger partial charge in [-0.2, -0.15) is 0 Å². The molecule has 8 heteroatoms. The smallest absolute Gasteiger partial charge is 0.237 e. The SMILES string of the molecule is CCS(=O)(=O)NC12CC3CC(CC(NCC(=O)N4CCC[C@H]4N)(C3)C1)C2. The average Bonchev–Trinajstić information content (AvgIpc) is 2.96. The molecule has 26 heavy (non-hydrogen) atoms. The fourth-order valence-corrected chi connectivity index (χ4v) is 7.50. The maximum Gasteiger partial charge on any atom is 0.237 e. The molecule has 1 aliphatic heterocycles. The third-order valence-corrected chi connectivity index (χ3v) is 8.55. The lowest BCUT2D eigenvalue weighted by molar-refractivity contribution is -0.132. The van der Waals surface area contributed by atoms with Crippen molar-refractivity contribution in [1.29, 1.82) is 0 Å². The Balaban J connectivity index is 1.47. The predicted octanol–water partition coefficient (Wildman–Crippen LogP) is 0.514. The van der Waals surface area contributed by atoms with E-state index in [-0.39, 0.29) is 28.9 Å². The number of carbonyl (C=O) groups excluding carboxylic acids is 1. The van der Waals surface area contributed by atoms with Gasteiger partial charge in [-0.25, -0.2) is 13.1 Å². The number of hydrogen-bond acceptors (Lipinski definition) is 5. The molecule has 4 N–H and O–H groups in total. The highest BCUT2D eigenvalue weighted by molar-refractivity contribution is 7.89. The lowest BCUT2D eigenvalue weighted by Gasteiger charge is -2.62. The largest absolute Gasteiger partial charge is 0.326 e. The van der Waals surface area contributed by atoms with Crippen molar-refractivity contribution in [1.82, 2.24) is 14.9 Å². The minimum absolute atomic E-state index is 0.0777. The number of carbonyl (C=O) groups is 1. The number of amides is 1. The molecule has 0 radical (unpaired) electrons. The Labute approximate surface area is 156 Å². The number of hydrogen-bond donors (Lipinski definition) is 3. The van der Waals surface area contributed by atoms with Gasteiger partial charge >= 0.3 is 0 Å². The van der Waals surface area contributed by atoms with E-state index < -0.39 is 10.0 Å². The minimum Gasteiger partial charge on any atom is -0.326 e. The van der Waals surface area contributed by atoms with Crippen LogP contribution in [0.4, 0.5) is 0 Å². The van der Waals surface area contributed by atoms with Crippen molar-refractivity contribution in [2.24, 2.45) is 17.6 Å². The van der Waals surface area contributed by atoms with E-state index >= 15 is 0 Å². The molecule has 5 aliphatic rings. The van der Waals surface area contributed by atoms with Gasteiger partial charge in [-0.1, -0.05) is 0 Å². The first-order chi connectivity index (χ1) is 12.2. The topological polar surface area (TPSA) is 105 Å². The summed E-state index contributed by atoms with van der Waals surface area (Å²) in [7, 11) is -3.23. The summed E-state index contributed by atoms with van der Waals surface area (Å²) in [5, 5.41) is 3.57. The fraction of sp³-hybridized carbons (Fsp3) is 0.944. The van der Waals surface area contributed by atoms with Crippen molar-refractivity contribution in [3.8, 4) is 0 Å². The summed E-state index contributed by atoms with van der Waals surface area (Å²) in [5.41, 5.74) is 5.59. The molecule has 4 saturated carbocycles. The highest BCUT2D eigenvalue weighted by Crippen LogP contribution is 2.57. The standard InChI is InChI=1S/C18H32N4O3S/c1-2-26(24,25)21-18-9-13-6-14(10-18)8-17(7-13,12-18)20-11-16(23)22-5-3-4-15(22)19/h13-15,20-21H,2-12,19H2,1H3/t13?,14?,15-,17?,18?/m0/s1. The molecular formula is C18H32N4O3S. The number of nitrogens with zero attached hydrogens (tertiary/aromatic N) is 1. The molecule has 0 aromatic heterocycles. The predicted molar refractivity (Wildman–Crippen MR) is 99.7 cm³/mol. The van der Waals surface area contributed by atoms with E-state index in [1.807, 2.05) is 0 Å². The third kappa shape index (κ3) is 3.41. The van der Waals surface area contributed by atoms with Crippen molar-refractivity contribution >= 4 is 15.9 Å². The minimum atomic E-state index is -3.23. The maximum absolute atomic E-state index is 12.6. The van der Waals surface area contributed by atoms with Crippen LogP contribution in [0, 0.1) is 11.8 Å². The zero-order valence-corrected chi connectivity index (χ0v) is 16.5. The molecule has 148 valence electrons. The van der Waals surface area contributed by atoms with Gasteiger partial charge < -0.3 is 16.0 Å². The zero-order chi connectivity index (χ0) is 18.6. The molecule has 2 unspecified atom stereocenters. The molecule has 0 aromatic rings. The molecule has 4 aliphatic carbocycles. The van der Waals surface area contributed by atoms with Gasteiger partial charge in [0.2, 0.25) is 15.9 Å². The molecule has 5 rings (SSSR count). The second-order valence-corrected chi connectivity index (χ2v) is 11.2. The maximum atomic E-state index is 12.6. The van der Waals surface area contributed by atoms with Gasteiger partial charge in [0.15, 0.2) is 0 Å². The summed E-state index contributed by atoms with van der Waals surface area (Å²) in [5.74, 6) is 1.30. The molecular weight excluding hydrogens is 352 g/mol. The highest BCUT2D eigenvalue weighted by atomic mass is 32.2. The molecule has 0 spiro atoms. The number of rotatable bonds is 6. The summed E-state index contributed by atoms with van der Waals surface area (Å²) < 4.78 is 27.6. The normalized spacial score (nSPS) is 41.8. The van der Waals surface area contributed by atoms with E-state index in [0.717, 1.165) is 51.5 Å². The van der Waals surface area contributed by atoms with E-state index in [2.05, 4.69) is 10.0 Å². The Morgan fingerprint density at radius 1 is 1.19 bits per heavy atom. The van der Waals surface area contributed by atoms with Gasteiger partial charge in [-0.3, -0.25) is 4.79 Å². The van der Waals surface area contributed by atoms with Crippen molar-refractivity contribution in [2.75, 3.05) is 18.8 Å². The molecule has 7 nitrogen and oxygen atoms in total. The van der Waals surface area contributed by atoms with Crippen LogP contribution in [-0.2, 0) is 14.8 Å². The van der Waals surface area contributed by atoms with E-state index in [1.54, 1.807) is 11.8 Å². The summed E-state index contributed by atoms with van der Waals surface area (Å²) in [4.78, 5) is 14.4. The van der Waals surface area contributed by atoms with Crippen molar-refractivity contribution in [2.45, 2.75) is 75.5 Å². The summed E-state index contributed by atoms with van der Waals surface area (Å²) in [6.07, 6.45) is 7.69. The molecule has 5 fully saturated rings. The van der Waals surface area contributed by atoms with Crippen LogP contribution >= 0.6 is 0 Å². The quantitative estimate of drug-likeness (QED) is 0.619. The van der Waals surface area contributed by atoms with Gasteiger partial charge in [0, 0.05) is 17.6 Å². The van der Waals surface area contributed by atoms with Gasteiger partial charge in [-0.15, -0.1) is 0 Å². The number of sulfonamides is 1. The third-order valence-electron chi connectivity index (χ3n) is 7.05. The van der Waals surface area contributed by atoms with Crippen molar-refractivity contribution in [3.63, 3.8) is 0 Å². The van der Waals surface area contributed by atoms with Gasteiger partial charge in [0.25, 0.3) is 0 Å². The Kier molecular flexibility index (Phi) is 4.61. The van der Waals surface area contributed by atoms with Crippen molar-refractivity contribution in [3.05, 3.63) is 0 Å². The summed E-state index contributed by atoms with van der Waals surface area (Å²) >= 11 is 0. The van der Waals surface area contributed by atoms with E-state index in [4.69, 9.17) is 5.73 Å². The Bertz CT molecular complexity index is 666. The lowest BCUT2D eigenvalue weighted by Crippen LogP contribution is -2.69. The van der Waals surface area contributed by atoms with Crippen molar-refractivity contribution < 1.29 is 13.2 Å². The number of nitrogens with two attached hydrogens (primary N) is 1. The average molecular weight is 385 g/mol. The second kappa shape index (κ2) is 6.43. The molecule has 3 atom stereocenters. The first-order valence-electron chi connectivity index (χ1n) is 10.1. The van der Waals surface area contributed by atoms with E-state index in [1.165, 1.54) is 6.42 Å². The van der Waals surface area contributed by atoms with Crippen LogP contribution in [-0.4, -0.2) is 55.3 Å². The first kappa shape index (κ1) is 18.7. The van der Waals surface area contributed by atoms with Crippen LogP contribution in [0.2, 0.25) is 0 Å². The van der Waals surface area contributed by atoms with Crippen LogP contribution in [0.15, 0.2) is 0 Å². The first-order valence-corrected chi connectivity index (χ1v) is 11.7. The Morgan fingerprint density at radius 3 is 2.42 bits per heavy atom. The summed E-state index contributed by atoms with van der Waals surface area (Å²) in [6, 6.07) is 0. The molecule has 4 bridgehead atoms. The van der Waals surface area contributed by atoms with Gasteiger partial charge in [0.1, 0.15) is 0 Å². The fourth-order valence-electron chi connectivity index (χ4n) is 6.46. The molecule has 0 aromatic carbocycles. The Hall–Kier alpha value is -0.700. The zero-order valence-electron chi connectivity index (χ0n) is 15.7. The number of likely N-dealkylation sites (tertiary alicyclic amines) is 1. The second-order valence-electron chi connectivity index (χ2n) is 9.18. The van der Waals surface area contributed by atoms with Crippen LogP contribution < -0.4 is 15.8 Å². The lowest BCUT2D eigenvalue weighted by atomic mass is 9.50. The summed E-state index contributed by atoms with van der Waals surface area (Å²) in [6.45, 7) is 2.75. The molecule has 1 heterocycles. The monoisotopic (exact) mass is 384 g/mol.